The zero-order chi connectivity index (χ0) is 13.3. The fraction of sp³-hybridized carbons (Fsp3) is 1.00. The molecule has 0 amide bonds. The largest absolute Gasteiger partial charge is 0.390 e. The Kier molecular flexibility index (Phi) is 4.68. The maximum absolute atomic E-state index is 10.9. The third-order valence-corrected chi connectivity index (χ3v) is 4.04. The van der Waals surface area contributed by atoms with Gasteiger partial charge in [-0.3, -0.25) is 0 Å². The SMILES string of the molecule is CC(C)CC(C)CC1(O)CC(C)CC(C)(C)C1. The van der Waals surface area contributed by atoms with E-state index in [9.17, 15) is 5.11 Å². The molecule has 1 fully saturated rings. The lowest BCUT2D eigenvalue weighted by Gasteiger charge is -2.45. The Morgan fingerprint density at radius 1 is 1.18 bits per heavy atom. The van der Waals surface area contributed by atoms with Crippen LogP contribution >= 0.6 is 0 Å². The third kappa shape index (κ3) is 4.99. The van der Waals surface area contributed by atoms with E-state index in [0.717, 1.165) is 25.2 Å². The monoisotopic (exact) mass is 240 g/mol. The van der Waals surface area contributed by atoms with Crippen LogP contribution in [0.1, 0.15) is 73.6 Å². The normalized spacial score (nSPS) is 34.9. The van der Waals surface area contributed by atoms with E-state index in [-0.39, 0.29) is 0 Å². The van der Waals surface area contributed by atoms with Crippen molar-refractivity contribution >= 4 is 0 Å². The van der Waals surface area contributed by atoms with E-state index in [1.165, 1.54) is 12.8 Å². The lowest BCUT2D eigenvalue weighted by atomic mass is 9.63. The predicted octanol–water partition coefficient (Wildman–Crippen LogP) is 4.64. The number of hydrogen-bond acceptors (Lipinski definition) is 1. The van der Waals surface area contributed by atoms with Crippen LogP contribution in [-0.2, 0) is 0 Å². The Bertz CT molecular complexity index is 244. The van der Waals surface area contributed by atoms with Crippen LogP contribution in [0.2, 0.25) is 0 Å². The summed E-state index contributed by atoms with van der Waals surface area (Å²) in [5, 5.41) is 10.9. The Morgan fingerprint density at radius 3 is 2.24 bits per heavy atom. The zero-order valence-corrected chi connectivity index (χ0v) is 12.7. The predicted molar refractivity (Wildman–Crippen MR) is 75.0 cm³/mol. The molecule has 1 heteroatoms. The molecule has 0 heterocycles. The molecule has 17 heavy (non-hydrogen) atoms. The van der Waals surface area contributed by atoms with Crippen molar-refractivity contribution in [2.24, 2.45) is 23.2 Å². The second kappa shape index (κ2) is 5.30. The molecule has 1 aliphatic carbocycles. The van der Waals surface area contributed by atoms with Crippen molar-refractivity contribution in [1.29, 1.82) is 0 Å². The van der Waals surface area contributed by atoms with Gasteiger partial charge in [-0.2, -0.15) is 0 Å². The average Bonchev–Trinajstić information content (AvgIpc) is 1.93. The van der Waals surface area contributed by atoms with E-state index in [4.69, 9.17) is 0 Å². The third-order valence-electron chi connectivity index (χ3n) is 4.04. The molecule has 1 nitrogen and oxygen atoms in total. The lowest BCUT2D eigenvalue weighted by molar-refractivity contribution is -0.0732. The molecule has 3 atom stereocenters. The van der Waals surface area contributed by atoms with Crippen LogP contribution in [-0.4, -0.2) is 10.7 Å². The van der Waals surface area contributed by atoms with Gasteiger partial charge in [0.25, 0.3) is 0 Å². The van der Waals surface area contributed by atoms with Gasteiger partial charge in [0.15, 0.2) is 0 Å². The smallest absolute Gasteiger partial charge is 0.0658 e. The van der Waals surface area contributed by atoms with E-state index in [1.807, 2.05) is 0 Å². The van der Waals surface area contributed by atoms with Gasteiger partial charge >= 0.3 is 0 Å². The van der Waals surface area contributed by atoms with Crippen molar-refractivity contribution in [2.75, 3.05) is 0 Å². The Balaban J connectivity index is 2.60. The summed E-state index contributed by atoms with van der Waals surface area (Å²) in [6, 6.07) is 0. The van der Waals surface area contributed by atoms with Crippen LogP contribution in [0.15, 0.2) is 0 Å². The summed E-state index contributed by atoms with van der Waals surface area (Å²) in [5.74, 6) is 2.04. The van der Waals surface area contributed by atoms with Crippen molar-refractivity contribution < 1.29 is 5.11 Å². The quantitative estimate of drug-likeness (QED) is 0.759. The fourth-order valence-corrected chi connectivity index (χ4v) is 4.39. The van der Waals surface area contributed by atoms with Gasteiger partial charge in [0.2, 0.25) is 0 Å². The average molecular weight is 240 g/mol. The molecule has 1 N–H and O–H groups in total. The summed E-state index contributed by atoms with van der Waals surface area (Å²) < 4.78 is 0. The molecule has 0 radical (unpaired) electrons. The summed E-state index contributed by atoms with van der Waals surface area (Å²) in [6.45, 7) is 13.7. The Labute approximate surface area is 108 Å². The van der Waals surface area contributed by atoms with Gasteiger partial charge in [0, 0.05) is 0 Å². The van der Waals surface area contributed by atoms with Gasteiger partial charge in [0.05, 0.1) is 5.60 Å². The van der Waals surface area contributed by atoms with Gasteiger partial charge in [-0.05, 0) is 55.3 Å². The summed E-state index contributed by atoms with van der Waals surface area (Å²) in [7, 11) is 0. The summed E-state index contributed by atoms with van der Waals surface area (Å²) in [5.41, 5.74) is -0.0978. The van der Waals surface area contributed by atoms with Crippen LogP contribution < -0.4 is 0 Å². The second-order valence-corrected chi connectivity index (χ2v) is 8.02. The molecule has 102 valence electrons. The second-order valence-electron chi connectivity index (χ2n) is 8.02. The van der Waals surface area contributed by atoms with Crippen molar-refractivity contribution in [3.05, 3.63) is 0 Å². The van der Waals surface area contributed by atoms with Crippen LogP contribution in [0.5, 0.6) is 0 Å². The van der Waals surface area contributed by atoms with Crippen LogP contribution in [0, 0.1) is 23.2 Å². The first-order valence-corrected chi connectivity index (χ1v) is 7.34. The van der Waals surface area contributed by atoms with Crippen LogP contribution in [0.4, 0.5) is 0 Å². The molecular formula is C16H32O. The molecule has 0 spiro atoms. The summed E-state index contributed by atoms with van der Waals surface area (Å²) in [4.78, 5) is 0. The maximum atomic E-state index is 10.9. The van der Waals surface area contributed by atoms with Crippen molar-refractivity contribution in [1.82, 2.24) is 0 Å². The van der Waals surface area contributed by atoms with Crippen molar-refractivity contribution in [3.63, 3.8) is 0 Å². The molecule has 0 aliphatic heterocycles. The molecule has 1 aliphatic rings. The first-order chi connectivity index (χ1) is 7.62. The molecule has 1 saturated carbocycles. The first kappa shape index (κ1) is 15.0. The van der Waals surface area contributed by atoms with Gasteiger partial charge in [-0.25, -0.2) is 0 Å². The van der Waals surface area contributed by atoms with Crippen LogP contribution in [0.25, 0.3) is 0 Å². The minimum Gasteiger partial charge on any atom is -0.390 e. The van der Waals surface area contributed by atoms with Crippen LogP contribution in [0.3, 0.4) is 0 Å². The Hall–Kier alpha value is -0.0400. The van der Waals surface area contributed by atoms with Gasteiger partial charge in [0.1, 0.15) is 0 Å². The highest BCUT2D eigenvalue weighted by Crippen LogP contribution is 2.46. The summed E-state index contributed by atoms with van der Waals surface area (Å²) in [6.07, 6.45) is 5.45. The molecule has 0 bridgehead atoms. The van der Waals surface area contributed by atoms with Gasteiger partial charge in [-0.1, -0.05) is 41.5 Å². The van der Waals surface area contributed by atoms with Gasteiger partial charge in [-0.15, -0.1) is 0 Å². The minimum atomic E-state index is -0.407. The maximum Gasteiger partial charge on any atom is 0.0658 e. The highest BCUT2D eigenvalue weighted by molar-refractivity contribution is 4.93. The zero-order valence-electron chi connectivity index (χ0n) is 12.7. The van der Waals surface area contributed by atoms with Crippen molar-refractivity contribution in [2.45, 2.75) is 79.2 Å². The highest BCUT2D eigenvalue weighted by atomic mass is 16.3. The molecule has 0 aromatic rings. The standard InChI is InChI=1S/C16H32O/c1-12(2)7-13(3)9-16(17)10-14(4)8-15(5,6)11-16/h12-14,17H,7-11H2,1-6H3. The molecule has 1 rings (SSSR count). The van der Waals surface area contributed by atoms with E-state index in [1.54, 1.807) is 0 Å². The number of hydrogen-bond donors (Lipinski definition) is 1. The van der Waals surface area contributed by atoms with E-state index >= 15 is 0 Å². The minimum absolute atomic E-state index is 0.309. The number of rotatable bonds is 4. The van der Waals surface area contributed by atoms with E-state index in [2.05, 4.69) is 41.5 Å². The van der Waals surface area contributed by atoms with E-state index < -0.39 is 5.60 Å². The molecular weight excluding hydrogens is 208 g/mol. The molecule has 0 aromatic carbocycles. The Morgan fingerprint density at radius 2 is 1.76 bits per heavy atom. The molecule has 0 aromatic heterocycles. The highest BCUT2D eigenvalue weighted by Gasteiger charge is 2.41. The lowest BCUT2D eigenvalue weighted by Crippen LogP contribution is -2.43. The molecule has 0 saturated heterocycles. The first-order valence-electron chi connectivity index (χ1n) is 7.34. The number of aliphatic hydroxyl groups is 1. The van der Waals surface area contributed by atoms with E-state index in [0.29, 0.717) is 17.3 Å². The van der Waals surface area contributed by atoms with Crippen molar-refractivity contribution in [3.8, 4) is 0 Å². The topological polar surface area (TPSA) is 20.2 Å². The van der Waals surface area contributed by atoms with Gasteiger partial charge < -0.3 is 5.11 Å². The fourth-order valence-electron chi connectivity index (χ4n) is 4.39. The summed E-state index contributed by atoms with van der Waals surface area (Å²) >= 11 is 0. The molecule has 3 unspecified atom stereocenters.